The standard InChI is InChI=1S/C17H23NO3/c1-13(2)12-21-16-6-4-3-5-15(16)11-18-9-7-14(8-10-18)17(19)20/h3-6,14H,1,7-12H2,2H3,(H,19,20). The molecule has 21 heavy (non-hydrogen) atoms. The summed E-state index contributed by atoms with van der Waals surface area (Å²) in [7, 11) is 0. The number of piperidine rings is 1. The fourth-order valence-corrected chi connectivity index (χ4v) is 2.56. The highest BCUT2D eigenvalue weighted by molar-refractivity contribution is 5.70. The predicted molar refractivity (Wildman–Crippen MR) is 82.4 cm³/mol. The molecule has 4 heteroatoms. The Bertz CT molecular complexity index is 505. The fraction of sp³-hybridized carbons (Fsp3) is 0.471. The number of rotatable bonds is 6. The van der Waals surface area contributed by atoms with E-state index in [9.17, 15) is 4.79 Å². The van der Waals surface area contributed by atoms with Gasteiger partial charge in [-0.2, -0.15) is 0 Å². The summed E-state index contributed by atoms with van der Waals surface area (Å²) in [6.07, 6.45) is 1.45. The second-order valence-corrected chi connectivity index (χ2v) is 5.74. The Morgan fingerprint density at radius 2 is 2.05 bits per heavy atom. The number of carboxylic acids is 1. The first-order chi connectivity index (χ1) is 10.1. The Morgan fingerprint density at radius 3 is 2.67 bits per heavy atom. The molecule has 0 bridgehead atoms. The van der Waals surface area contributed by atoms with Crippen LogP contribution in [0.4, 0.5) is 0 Å². The van der Waals surface area contributed by atoms with Crippen molar-refractivity contribution in [1.82, 2.24) is 4.90 Å². The molecule has 0 unspecified atom stereocenters. The maximum absolute atomic E-state index is 11.0. The average Bonchev–Trinajstić information content (AvgIpc) is 2.47. The van der Waals surface area contributed by atoms with E-state index in [0.29, 0.717) is 6.61 Å². The second kappa shape index (κ2) is 7.27. The lowest BCUT2D eigenvalue weighted by Crippen LogP contribution is -2.35. The van der Waals surface area contributed by atoms with E-state index in [1.165, 1.54) is 0 Å². The first-order valence-corrected chi connectivity index (χ1v) is 7.36. The third kappa shape index (κ3) is 4.60. The van der Waals surface area contributed by atoms with Crippen LogP contribution in [0.1, 0.15) is 25.3 Å². The Balaban J connectivity index is 1.94. The molecule has 1 saturated heterocycles. The van der Waals surface area contributed by atoms with Gasteiger partial charge in [0.15, 0.2) is 0 Å². The number of hydrogen-bond donors (Lipinski definition) is 1. The van der Waals surface area contributed by atoms with E-state index in [4.69, 9.17) is 9.84 Å². The molecule has 0 amide bonds. The van der Waals surface area contributed by atoms with Gasteiger partial charge in [-0.25, -0.2) is 0 Å². The van der Waals surface area contributed by atoms with Crippen molar-refractivity contribution in [1.29, 1.82) is 0 Å². The highest BCUT2D eigenvalue weighted by Crippen LogP contribution is 2.24. The van der Waals surface area contributed by atoms with Crippen LogP contribution in [0.15, 0.2) is 36.4 Å². The maximum Gasteiger partial charge on any atom is 0.306 e. The van der Waals surface area contributed by atoms with Gasteiger partial charge in [0.2, 0.25) is 0 Å². The van der Waals surface area contributed by atoms with Crippen LogP contribution in [-0.4, -0.2) is 35.7 Å². The minimum absolute atomic E-state index is 0.184. The summed E-state index contributed by atoms with van der Waals surface area (Å²) >= 11 is 0. The zero-order valence-corrected chi connectivity index (χ0v) is 12.5. The van der Waals surface area contributed by atoms with Crippen molar-refractivity contribution in [2.75, 3.05) is 19.7 Å². The number of para-hydroxylation sites is 1. The molecule has 0 aliphatic carbocycles. The van der Waals surface area contributed by atoms with Gasteiger partial charge in [0.05, 0.1) is 5.92 Å². The summed E-state index contributed by atoms with van der Waals surface area (Å²) in [5, 5.41) is 9.03. The maximum atomic E-state index is 11.0. The average molecular weight is 289 g/mol. The van der Waals surface area contributed by atoms with E-state index < -0.39 is 5.97 Å². The molecule has 0 atom stereocenters. The molecule has 1 aliphatic heterocycles. The quantitative estimate of drug-likeness (QED) is 0.818. The predicted octanol–water partition coefficient (Wildman–Crippen LogP) is 2.94. The summed E-state index contributed by atoms with van der Waals surface area (Å²) in [4.78, 5) is 13.3. The molecule has 0 aromatic heterocycles. The van der Waals surface area contributed by atoms with Gasteiger partial charge in [0.1, 0.15) is 12.4 Å². The third-order valence-corrected chi connectivity index (χ3v) is 3.78. The Hall–Kier alpha value is -1.81. The molecule has 114 valence electrons. The van der Waals surface area contributed by atoms with Gasteiger partial charge in [-0.3, -0.25) is 9.69 Å². The Morgan fingerprint density at radius 1 is 1.38 bits per heavy atom. The SMILES string of the molecule is C=C(C)COc1ccccc1CN1CCC(C(=O)O)CC1. The summed E-state index contributed by atoms with van der Waals surface area (Å²) < 4.78 is 5.78. The van der Waals surface area contributed by atoms with Crippen LogP contribution in [0.2, 0.25) is 0 Å². The van der Waals surface area contributed by atoms with Gasteiger partial charge in [0.25, 0.3) is 0 Å². The summed E-state index contributed by atoms with van der Waals surface area (Å²) in [5.74, 6) is 0.0388. The molecule has 1 N–H and O–H groups in total. The van der Waals surface area contributed by atoms with Crippen molar-refractivity contribution in [3.63, 3.8) is 0 Å². The molecule has 0 radical (unpaired) electrons. The number of hydrogen-bond acceptors (Lipinski definition) is 3. The largest absolute Gasteiger partial charge is 0.489 e. The van der Waals surface area contributed by atoms with Crippen LogP contribution in [0.25, 0.3) is 0 Å². The molecule has 1 aromatic rings. The smallest absolute Gasteiger partial charge is 0.306 e. The van der Waals surface area contributed by atoms with Crippen molar-refractivity contribution in [2.24, 2.45) is 5.92 Å². The van der Waals surface area contributed by atoms with Crippen molar-refractivity contribution >= 4 is 5.97 Å². The summed E-state index contributed by atoms with van der Waals surface area (Å²) in [6.45, 7) is 8.77. The summed E-state index contributed by atoms with van der Waals surface area (Å²) in [5.41, 5.74) is 2.14. The number of likely N-dealkylation sites (tertiary alicyclic amines) is 1. The van der Waals surface area contributed by atoms with Crippen LogP contribution in [0.5, 0.6) is 5.75 Å². The highest BCUT2D eigenvalue weighted by atomic mass is 16.5. The van der Waals surface area contributed by atoms with Crippen molar-refractivity contribution in [3.8, 4) is 5.75 Å². The van der Waals surface area contributed by atoms with Gasteiger partial charge >= 0.3 is 5.97 Å². The van der Waals surface area contributed by atoms with E-state index in [-0.39, 0.29) is 5.92 Å². The molecule has 0 saturated carbocycles. The normalized spacial score (nSPS) is 16.6. The van der Waals surface area contributed by atoms with Crippen molar-refractivity contribution in [2.45, 2.75) is 26.3 Å². The number of nitrogens with zero attached hydrogens (tertiary/aromatic N) is 1. The molecule has 1 aliphatic rings. The third-order valence-electron chi connectivity index (χ3n) is 3.78. The molecular formula is C17H23NO3. The van der Waals surface area contributed by atoms with Gasteiger partial charge < -0.3 is 9.84 Å². The lowest BCUT2D eigenvalue weighted by Gasteiger charge is -2.30. The van der Waals surface area contributed by atoms with E-state index in [0.717, 1.165) is 49.4 Å². The monoisotopic (exact) mass is 289 g/mol. The van der Waals surface area contributed by atoms with Gasteiger partial charge in [-0.05, 0) is 44.5 Å². The van der Waals surface area contributed by atoms with E-state index in [1.807, 2.05) is 25.1 Å². The van der Waals surface area contributed by atoms with Crippen LogP contribution < -0.4 is 4.74 Å². The molecule has 1 aromatic carbocycles. The lowest BCUT2D eigenvalue weighted by atomic mass is 9.97. The zero-order valence-electron chi connectivity index (χ0n) is 12.5. The van der Waals surface area contributed by atoms with Crippen molar-refractivity contribution < 1.29 is 14.6 Å². The van der Waals surface area contributed by atoms with E-state index in [1.54, 1.807) is 0 Å². The molecule has 2 rings (SSSR count). The molecule has 1 heterocycles. The summed E-state index contributed by atoms with van der Waals surface area (Å²) in [6, 6.07) is 8.01. The highest BCUT2D eigenvalue weighted by Gasteiger charge is 2.24. The van der Waals surface area contributed by atoms with Gasteiger partial charge in [-0.15, -0.1) is 0 Å². The van der Waals surface area contributed by atoms with Crippen LogP contribution in [0, 0.1) is 5.92 Å². The molecular weight excluding hydrogens is 266 g/mol. The van der Waals surface area contributed by atoms with Crippen LogP contribution in [-0.2, 0) is 11.3 Å². The lowest BCUT2D eigenvalue weighted by molar-refractivity contribution is -0.143. The van der Waals surface area contributed by atoms with E-state index >= 15 is 0 Å². The molecule has 0 spiro atoms. The zero-order chi connectivity index (χ0) is 15.2. The second-order valence-electron chi connectivity index (χ2n) is 5.74. The van der Waals surface area contributed by atoms with E-state index in [2.05, 4.69) is 17.5 Å². The topological polar surface area (TPSA) is 49.8 Å². The molecule has 1 fully saturated rings. The number of ether oxygens (including phenoxy) is 1. The number of carbonyl (C=O) groups is 1. The first-order valence-electron chi connectivity index (χ1n) is 7.36. The van der Waals surface area contributed by atoms with Crippen LogP contribution >= 0.6 is 0 Å². The minimum atomic E-state index is -0.667. The molecule has 4 nitrogen and oxygen atoms in total. The minimum Gasteiger partial charge on any atom is -0.489 e. The van der Waals surface area contributed by atoms with Gasteiger partial charge in [-0.1, -0.05) is 24.8 Å². The number of aliphatic carboxylic acids is 1. The number of carboxylic acid groups (broad SMARTS) is 1. The first kappa shape index (κ1) is 15.6. The Labute approximate surface area is 126 Å². The fourth-order valence-electron chi connectivity index (χ4n) is 2.56. The van der Waals surface area contributed by atoms with Gasteiger partial charge in [0, 0.05) is 12.1 Å². The Kier molecular flexibility index (Phi) is 5.39. The number of benzene rings is 1. The van der Waals surface area contributed by atoms with Crippen LogP contribution in [0.3, 0.4) is 0 Å². The van der Waals surface area contributed by atoms with Crippen molar-refractivity contribution in [3.05, 3.63) is 42.0 Å².